The summed E-state index contributed by atoms with van der Waals surface area (Å²) in [5.74, 6) is 1.86. The van der Waals surface area contributed by atoms with Crippen LogP contribution in [0, 0.1) is 17.3 Å². The Bertz CT molecular complexity index is 141. The van der Waals surface area contributed by atoms with Crippen LogP contribution in [0.15, 0.2) is 0 Å². The van der Waals surface area contributed by atoms with Gasteiger partial charge < -0.3 is 4.79 Å². The van der Waals surface area contributed by atoms with Gasteiger partial charge in [-0.2, -0.15) is 0 Å². The summed E-state index contributed by atoms with van der Waals surface area (Å²) < 4.78 is 0. The number of carbonyl (C=O) groups is 1. The Hall–Kier alpha value is -0.330. The molecule has 1 heteroatoms. The monoisotopic (exact) mass is 124 g/mol. The number of hydrogen-bond donors (Lipinski definition) is 0. The standard InChI is InChI=1S/C8H12O/c1-8(5-9)3-6-2-7(6)4-8/h5-7H,2-4H2,1H3. The normalized spacial score (nSPS) is 54.8. The highest BCUT2D eigenvalue weighted by Gasteiger charge is 2.51. The van der Waals surface area contributed by atoms with Crippen LogP contribution >= 0.6 is 0 Å². The molecule has 2 aliphatic carbocycles. The highest BCUT2D eigenvalue weighted by Crippen LogP contribution is 2.58. The molecule has 1 nitrogen and oxygen atoms in total. The van der Waals surface area contributed by atoms with Crippen LogP contribution in [-0.4, -0.2) is 6.29 Å². The smallest absolute Gasteiger partial charge is 0.125 e. The van der Waals surface area contributed by atoms with Crippen LogP contribution in [-0.2, 0) is 4.79 Å². The Kier molecular flexibility index (Phi) is 0.842. The van der Waals surface area contributed by atoms with E-state index in [-0.39, 0.29) is 5.41 Å². The van der Waals surface area contributed by atoms with Crippen molar-refractivity contribution in [1.29, 1.82) is 0 Å². The largest absolute Gasteiger partial charge is 0.303 e. The van der Waals surface area contributed by atoms with Crippen LogP contribution in [0.4, 0.5) is 0 Å². The van der Waals surface area contributed by atoms with E-state index in [9.17, 15) is 4.79 Å². The molecule has 2 aliphatic rings. The van der Waals surface area contributed by atoms with Gasteiger partial charge in [-0.3, -0.25) is 0 Å². The van der Waals surface area contributed by atoms with Gasteiger partial charge in [0.25, 0.3) is 0 Å². The highest BCUT2D eigenvalue weighted by molar-refractivity contribution is 5.60. The molecular formula is C8H12O. The molecule has 0 N–H and O–H groups in total. The second kappa shape index (κ2) is 1.39. The van der Waals surface area contributed by atoms with Crippen LogP contribution in [0.5, 0.6) is 0 Å². The molecular weight excluding hydrogens is 112 g/mol. The van der Waals surface area contributed by atoms with Crippen molar-refractivity contribution >= 4 is 6.29 Å². The SMILES string of the molecule is CC1(C=O)CC2CC2C1. The summed E-state index contributed by atoms with van der Waals surface area (Å²) in [5, 5.41) is 0. The molecule has 0 spiro atoms. The summed E-state index contributed by atoms with van der Waals surface area (Å²) >= 11 is 0. The van der Waals surface area contributed by atoms with Crippen molar-refractivity contribution in [3.63, 3.8) is 0 Å². The molecule has 2 atom stereocenters. The van der Waals surface area contributed by atoms with Gasteiger partial charge in [0.2, 0.25) is 0 Å². The van der Waals surface area contributed by atoms with Gasteiger partial charge in [-0.05, 0) is 31.1 Å². The first kappa shape index (κ1) is 5.45. The van der Waals surface area contributed by atoms with Crippen LogP contribution in [0.2, 0.25) is 0 Å². The van der Waals surface area contributed by atoms with Gasteiger partial charge in [0.1, 0.15) is 6.29 Å². The van der Waals surface area contributed by atoms with Gasteiger partial charge in [-0.15, -0.1) is 0 Å². The Balaban J connectivity index is 2.09. The summed E-state index contributed by atoms with van der Waals surface area (Å²) in [7, 11) is 0. The lowest BCUT2D eigenvalue weighted by Crippen LogP contribution is -2.14. The predicted molar refractivity (Wildman–Crippen MR) is 35.0 cm³/mol. The summed E-state index contributed by atoms with van der Waals surface area (Å²) in [4.78, 5) is 10.5. The van der Waals surface area contributed by atoms with E-state index in [1.807, 2.05) is 0 Å². The molecule has 2 rings (SSSR count). The van der Waals surface area contributed by atoms with E-state index < -0.39 is 0 Å². The molecule has 0 heterocycles. The van der Waals surface area contributed by atoms with Gasteiger partial charge >= 0.3 is 0 Å². The lowest BCUT2D eigenvalue weighted by molar-refractivity contribution is -0.115. The van der Waals surface area contributed by atoms with Crippen molar-refractivity contribution in [2.75, 3.05) is 0 Å². The van der Waals surface area contributed by atoms with Crippen molar-refractivity contribution in [3.05, 3.63) is 0 Å². The Morgan fingerprint density at radius 3 is 2.33 bits per heavy atom. The van der Waals surface area contributed by atoms with Crippen LogP contribution in [0.1, 0.15) is 26.2 Å². The Morgan fingerprint density at radius 2 is 2.00 bits per heavy atom. The van der Waals surface area contributed by atoms with Crippen molar-refractivity contribution in [1.82, 2.24) is 0 Å². The maximum atomic E-state index is 10.5. The van der Waals surface area contributed by atoms with Gasteiger partial charge in [0.15, 0.2) is 0 Å². The Labute approximate surface area is 55.4 Å². The minimum Gasteiger partial charge on any atom is -0.303 e. The zero-order chi connectivity index (χ0) is 6.48. The topological polar surface area (TPSA) is 17.1 Å². The molecule has 2 unspecified atom stereocenters. The highest BCUT2D eigenvalue weighted by atomic mass is 16.1. The molecule has 0 amide bonds. The fraction of sp³-hybridized carbons (Fsp3) is 0.875. The molecule has 50 valence electrons. The van der Waals surface area contributed by atoms with Gasteiger partial charge in [-0.1, -0.05) is 6.92 Å². The van der Waals surface area contributed by atoms with Gasteiger partial charge in [0.05, 0.1) is 0 Å². The van der Waals surface area contributed by atoms with Crippen molar-refractivity contribution in [3.8, 4) is 0 Å². The number of rotatable bonds is 1. The lowest BCUT2D eigenvalue weighted by Gasteiger charge is -2.15. The third-order valence-electron chi connectivity index (χ3n) is 2.81. The number of carbonyl (C=O) groups excluding carboxylic acids is 1. The first-order chi connectivity index (χ1) is 4.23. The van der Waals surface area contributed by atoms with E-state index in [1.54, 1.807) is 0 Å². The number of aldehydes is 1. The summed E-state index contributed by atoms with van der Waals surface area (Å²) in [6.07, 6.45) is 4.89. The predicted octanol–water partition coefficient (Wildman–Crippen LogP) is 1.62. The lowest BCUT2D eigenvalue weighted by atomic mass is 9.87. The van der Waals surface area contributed by atoms with E-state index in [0.717, 1.165) is 18.1 Å². The first-order valence-corrected chi connectivity index (χ1v) is 3.70. The van der Waals surface area contributed by atoms with Crippen molar-refractivity contribution in [2.45, 2.75) is 26.2 Å². The molecule has 2 fully saturated rings. The fourth-order valence-electron chi connectivity index (χ4n) is 2.19. The third-order valence-corrected chi connectivity index (χ3v) is 2.81. The van der Waals surface area contributed by atoms with Crippen LogP contribution in [0.3, 0.4) is 0 Å². The molecule has 2 saturated carbocycles. The van der Waals surface area contributed by atoms with E-state index >= 15 is 0 Å². The number of hydrogen-bond acceptors (Lipinski definition) is 1. The first-order valence-electron chi connectivity index (χ1n) is 3.70. The number of fused-ring (bicyclic) bond motifs is 1. The van der Waals surface area contributed by atoms with Crippen molar-refractivity contribution < 1.29 is 4.79 Å². The maximum absolute atomic E-state index is 10.5. The Morgan fingerprint density at radius 1 is 1.44 bits per heavy atom. The van der Waals surface area contributed by atoms with E-state index in [1.165, 1.54) is 19.3 Å². The van der Waals surface area contributed by atoms with E-state index in [4.69, 9.17) is 0 Å². The molecule has 0 aromatic rings. The molecule has 0 bridgehead atoms. The molecule has 0 aromatic heterocycles. The molecule has 0 aromatic carbocycles. The average Bonchev–Trinajstić information content (AvgIpc) is 2.42. The zero-order valence-corrected chi connectivity index (χ0v) is 5.76. The fourth-order valence-corrected chi connectivity index (χ4v) is 2.19. The van der Waals surface area contributed by atoms with Gasteiger partial charge in [-0.25, -0.2) is 0 Å². The van der Waals surface area contributed by atoms with Crippen LogP contribution < -0.4 is 0 Å². The summed E-state index contributed by atoms with van der Waals surface area (Å²) in [5.41, 5.74) is 0.0770. The van der Waals surface area contributed by atoms with E-state index in [0.29, 0.717) is 0 Å². The van der Waals surface area contributed by atoms with Crippen molar-refractivity contribution in [2.24, 2.45) is 17.3 Å². The van der Waals surface area contributed by atoms with Gasteiger partial charge in [0, 0.05) is 5.41 Å². The average molecular weight is 124 g/mol. The van der Waals surface area contributed by atoms with E-state index in [2.05, 4.69) is 6.92 Å². The minimum absolute atomic E-state index is 0.0770. The molecule has 0 aliphatic heterocycles. The zero-order valence-electron chi connectivity index (χ0n) is 5.76. The molecule has 0 radical (unpaired) electrons. The summed E-state index contributed by atoms with van der Waals surface area (Å²) in [6, 6.07) is 0. The second-order valence-electron chi connectivity index (χ2n) is 3.94. The quantitative estimate of drug-likeness (QED) is 0.485. The third kappa shape index (κ3) is 0.707. The maximum Gasteiger partial charge on any atom is 0.125 e. The minimum atomic E-state index is 0.0770. The second-order valence-corrected chi connectivity index (χ2v) is 3.94. The molecule has 0 saturated heterocycles. The summed E-state index contributed by atoms with van der Waals surface area (Å²) in [6.45, 7) is 2.09. The molecule has 9 heavy (non-hydrogen) atoms. The van der Waals surface area contributed by atoms with Crippen LogP contribution in [0.25, 0.3) is 0 Å².